The highest BCUT2D eigenvalue weighted by molar-refractivity contribution is 9.10. The van der Waals surface area contributed by atoms with Crippen molar-refractivity contribution in [3.8, 4) is 11.5 Å². The van der Waals surface area contributed by atoms with E-state index in [9.17, 15) is 0 Å². The van der Waals surface area contributed by atoms with Gasteiger partial charge in [0.05, 0.1) is 18.9 Å². The first kappa shape index (κ1) is 17.4. The number of methoxy groups -OCH3 is 1. The van der Waals surface area contributed by atoms with Gasteiger partial charge in [-0.25, -0.2) is 5.01 Å². The summed E-state index contributed by atoms with van der Waals surface area (Å²) in [7, 11) is 1.70. The van der Waals surface area contributed by atoms with E-state index in [0.29, 0.717) is 0 Å². The molecule has 1 spiro atoms. The molecule has 0 bridgehead atoms. The molecule has 0 radical (unpaired) electrons. The number of benzene rings is 2. The van der Waals surface area contributed by atoms with Crippen molar-refractivity contribution in [3.05, 3.63) is 57.0 Å². The van der Waals surface area contributed by atoms with Crippen molar-refractivity contribution in [2.75, 3.05) is 7.11 Å². The van der Waals surface area contributed by atoms with Crippen molar-refractivity contribution < 1.29 is 9.47 Å². The van der Waals surface area contributed by atoms with Gasteiger partial charge in [-0.15, -0.1) is 0 Å². The number of fused-ring (bicyclic) bond motifs is 4. The van der Waals surface area contributed by atoms with Gasteiger partial charge in [-0.2, -0.15) is 5.10 Å². The minimum Gasteiger partial charge on any atom is -0.493 e. The second-order valence-electron chi connectivity index (χ2n) is 7.40. The Morgan fingerprint density at radius 3 is 2.67 bits per heavy atom. The van der Waals surface area contributed by atoms with Crippen molar-refractivity contribution in [1.82, 2.24) is 5.01 Å². The zero-order valence-corrected chi connectivity index (χ0v) is 17.4. The summed E-state index contributed by atoms with van der Waals surface area (Å²) in [5, 5.41) is 8.02. The molecular formula is C21H20BrClN2O2. The highest BCUT2D eigenvalue weighted by atomic mass is 79.9. The Bertz CT molecular complexity index is 923. The first-order valence-corrected chi connectivity index (χ1v) is 10.5. The SMILES string of the molecule is COc1cc(Br)cc2c1OC1(CCCC1)N1N=C(c3ccc(Cl)cc3)C[C@H]21. The quantitative estimate of drug-likeness (QED) is 0.572. The highest BCUT2D eigenvalue weighted by Gasteiger charge is 2.52. The van der Waals surface area contributed by atoms with Gasteiger partial charge < -0.3 is 9.47 Å². The predicted molar refractivity (Wildman–Crippen MR) is 110 cm³/mol. The lowest BCUT2D eigenvalue weighted by molar-refractivity contribution is -0.115. The zero-order valence-electron chi connectivity index (χ0n) is 15.0. The van der Waals surface area contributed by atoms with Gasteiger partial charge in [-0.05, 0) is 42.7 Å². The summed E-state index contributed by atoms with van der Waals surface area (Å²) in [5.74, 6) is 1.65. The van der Waals surface area contributed by atoms with Gasteiger partial charge >= 0.3 is 0 Å². The Kier molecular flexibility index (Phi) is 4.13. The molecule has 2 heterocycles. The summed E-state index contributed by atoms with van der Waals surface area (Å²) < 4.78 is 13.3. The first-order chi connectivity index (χ1) is 13.1. The number of hydrogen-bond donors (Lipinski definition) is 0. The summed E-state index contributed by atoms with van der Waals surface area (Å²) in [6, 6.07) is 12.2. The summed E-state index contributed by atoms with van der Waals surface area (Å²) in [5.41, 5.74) is 2.96. The standard InChI is InChI=1S/C21H20BrClN2O2/c1-26-19-11-14(22)10-16-18-12-17(13-4-6-15(23)7-5-13)24-25(18)21(27-20(16)19)8-2-3-9-21/h4-7,10-11,18H,2-3,8-9,12H2,1H3/t18-/m1/s1. The van der Waals surface area contributed by atoms with E-state index in [-0.39, 0.29) is 11.8 Å². The smallest absolute Gasteiger partial charge is 0.198 e. The molecule has 4 nitrogen and oxygen atoms in total. The molecule has 1 saturated carbocycles. The van der Waals surface area contributed by atoms with Crippen LogP contribution in [0.4, 0.5) is 0 Å². The molecule has 5 rings (SSSR count). The van der Waals surface area contributed by atoms with Crippen LogP contribution in [0.3, 0.4) is 0 Å². The number of hydrogen-bond acceptors (Lipinski definition) is 4. The minimum atomic E-state index is -0.368. The molecule has 2 aliphatic heterocycles. The molecule has 0 N–H and O–H groups in total. The maximum Gasteiger partial charge on any atom is 0.198 e. The third-order valence-corrected chi connectivity index (χ3v) is 6.52. The van der Waals surface area contributed by atoms with E-state index in [0.717, 1.165) is 69.9 Å². The number of halogens is 2. The summed E-state index contributed by atoms with van der Waals surface area (Å²) in [6.07, 6.45) is 5.13. The van der Waals surface area contributed by atoms with Crippen LogP contribution in [0, 0.1) is 0 Å². The largest absolute Gasteiger partial charge is 0.493 e. The number of rotatable bonds is 2. The lowest BCUT2D eigenvalue weighted by Crippen LogP contribution is -2.51. The monoisotopic (exact) mass is 446 g/mol. The fourth-order valence-corrected chi connectivity index (χ4v) is 5.12. The van der Waals surface area contributed by atoms with E-state index in [1.165, 1.54) is 0 Å². The van der Waals surface area contributed by atoms with Crippen LogP contribution in [0.5, 0.6) is 11.5 Å². The number of nitrogens with zero attached hydrogens (tertiary/aromatic N) is 2. The second-order valence-corrected chi connectivity index (χ2v) is 8.75. The molecular weight excluding hydrogens is 428 g/mol. The normalized spacial score (nSPS) is 22.3. The molecule has 0 saturated heterocycles. The third-order valence-electron chi connectivity index (χ3n) is 5.81. The third kappa shape index (κ3) is 2.74. The zero-order chi connectivity index (χ0) is 18.6. The average molecular weight is 448 g/mol. The Hall–Kier alpha value is -1.72. The molecule has 3 aliphatic rings. The van der Waals surface area contributed by atoms with Crippen LogP contribution in [-0.2, 0) is 0 Å². The molecule has 2 aromatic rings. The Morgan fingerprint density at radius 1 is 1.22 bits per heavy atom. The van der Waals surface area contributed by atoms with Crippen molar-refractivity contribution in [2.45, 2.75) is 43.9 Å². The second kappa shape index (κ2) is 6.42. The Morgan fingerprint density at radius 2 is 1.96 bits per heavy atom. The molecule has 140 valence electrons. The molecule has 1 aliphatic carbocycles. The Balaban J connectivity index is 1.63. The van der Waals surface area contributed by atoms with E-state index in [2.05, 4.69) is 27.0 Å². The van der Waals surface area contributed by atoms with E-state index in [4.69, 9.17) is 26.2 Å². The molecule has 0 amide bonds. The van der Waals surface area contributed by atoms with Crippen LogP contribution < -0.4 is 9.47 Å². The van der Waals surface area contributed by atoms with Crippen LogP contribution in [0.1, 0.15) is 49.3 Å². The minimum absolute atomic E-state index is 0.156. The molecule has 1 atom stereocenters. The van der Waals surface area contributed by atoms with Gasteiger partial charge in [0.2, 0.25) is 0 Å². The molecule has 6 heteroatoms. The van der Waals surface area contributed by atoms with Crippen LogP contribution in [0.2, 0.25) is 5.02 Å². The maximum absolute atomic E-state index is 6.63. The molecule has 0 unspecified atom stereocenters. The van der Waals surface area contributed by atoms with E-state index in [1.54, 1.807) is 7.11 Å². The van der Waals surface area contributed by atoms with E-state index < -0.39 is 0 Å². The lowest BCUT2D eigenvalue weighted by atomic mass is 9.93. The lowest BCUT2D eigenvalue weighted by Gasteiger charge is -2.46. The van der Waals surface area contributed by atoms with Crippen molar-refractivity contribution in [2.24, 2.45) is 5.10 Å². The van der Waals surface area contributed by atoms with Crippen molar-refractivity contribution >= 4 is 33.2 Å². The van der Waals surface area contributed by atoms with Crippen LogP contribution in [-0.4, -0.2) is 23.6 Å². The van der Waals surface area contributed by atoms with Gasteiger partial charge in [0, 0.05) is 34.3 Å². The van der Waals surface area contributed by atoms with Gasteiger partial charge in [-0.3, -0.25) is 0 Å². The van der Waals surface area contributed by atoms with Gasteiger partial charge in [0.1, 0.15) is 0 Å². The molecule has 27 heavy (non-hydrogen) atoms. The van der Waals surface area contributed by atoms with Gasteiger partial charge in [0.25, 0.3) is 0 Å². The summed E-state index contributed by atoms with van der Waals surface area (Å²) in [6.45, 7) is 0. The van der Waals surface area contributed by atoms with E-state index in [1.807, 2.05) is 30.3 Å². The average Bonchev–Trinajstić information content (AvgIpc) is 3.31. The van der Waals surface area contributed by atoms with E-state index >= 15 is 0 Å². The first-order valence-electron chi connectivity index (χ1n) is 9.29. The van der Waals surface area contributed by atoms with Crippen LogP contribution in [0.25, 0.3) is 0 Å². The predicted octanol–water partition coefficient (Wildman–Crippen LogP) is 5.92. The molecule has 1 fully saturated rings. The van der Waals surface area contributed by atoms with Gasteiger partial charge in [-0.1, -0.05) is 39.7 Å². The van der Waals surface area contributed by atoms with Crippen LogP contribution in [0.15, 0.2) is 46.0 Å². The summed E-state index contributed by atoms with van der Waals surface area (Å²) >= 11 is 9.68. The molecule has 2 aromatic carbocycles. The number of ether oxygens (including phenoxy) is 2. The van der Waals surface area contributed by atoms with Gasteiger partial charge in [0.15, 0.2) is 17.2 Å². The fraction of sp³-hybridized carbons (Fsp3) is 0.381. The van der Waals surface area contributed by atoms with Crippen molar-refractivity contribution in [3.63, 3.8) is 0 Å². The molecule has 0 aromatic heterocycles. The summed E-state index contributed by atoms with van der Waals surface area (Å²) in [4.78, 5) is 0. The number of hydrazone groups is 1. The van der Waals surface area contributed by atoms with Crippen LogP contribution >= 0.6 is 27.5 Å². The topological polar surface area (TPSA) is 34.1 Å². The maximum atomic E-state index is 6.63. The highest BCUT2D eigenvalue weighted by Crippen LogP contribution is 2.55. The Labute approximate surface area is 172 Å². The van der Waals surface area contributed by atoms with Crippen molar-refractivity contribution in [1.29, 1.82) is 0 Å². The fourth-order valence-electron chi connectivity index (χ4n) is 4.54.